The lowest BCUT2D eigenvalue weighted by molar-refractivity contribution is -0.113. The number of carbonyl (C=O) groups excluding carboxylic acids is 1. The Morgan fingerprint density at radius 2 is 1.81 bits per heavy atom. The molecule has 10 heteroatoms. The van der Waals surface area contributed by atoms with E-state index in [0.717, 1.165) is 11.3 Å². The zero-order valence-electron chi connectivity index (χ0n) is 16.9. The minimum absolute atomic E-state index is 0.116. The number of amides is 1. The van der Waals surface area contributed by atoms with Crippen LogP contribution in [0.3, 0.4) is 0 Å². The summed E-state index contributed by atoms with van der Waals surface area (Å²) in [5, 5.41) is 12.9. The number of thioether (sulfide) groups is 1. The van der Waals surface area contributed by atoms with Crippen LogP contribution in [-0.4, -0.2) is 40.5 Å². The van der Waals surface area contributed by atoms with Crippen molar-refractivity contribution in [3.05, 3.63) is 64.1 Å². The number of anilines is 2. The van der Waals surface area contributed by atoms with E-state index in [1.807, 2.05) is 47.8 Å². The smallest absolute Gasteiger partial charge is 0.234 e. The van der Waals surface area contributed by atoms with Crippen LogP contribution in [0.5, 0.6) is 0 Å². The van der Waals surface area contributed by atoms with Gasteiger partial charge in [0, 0.05) is 31.9 Å². The average Bonchev–Trinajstić information content (AvgIpc) is 3.13. The SMILES string of the molecule is C=CCn1c(SCC(=O)Nc2cc(Cl)c(Cl)cc2Cl)nnc1-c1ccc(N(C)C)cc1. The zero-order valence-corrected chi connectivity index (χ0v) is 20.0. The van der Waals surface area contributed by atoms with Crippen molar-refractivity contribution in [1.29, 1.82) is 0 Å². The van der Waals surface area contributed by atoms with Gasteiger partial charge in [0.15, 0.2) is 11.0 Å². The number of rotatable bonds is 8. The molecule has 31 heavy (non-hydrogen) atoms. The monoisotopic (exact) mass is 495 g/mol. The van der Waals surface area contributed by atoms with Crippen LogP contribution in [-0.2, 0) is 11.3 Å². The molecule has 6 nitrogen and oxygen atoms in total. The first-order chi connectivity index (χ1) is 14.8. The van der Waals surface area contributed by atoms with Crippen LogP contribution in [0.4, 0.5) is 11.4 Å². The van der Waals surface area contributed by atoms with Crippen molar-refractivity contribution >= 4 is 63.8 Å². The van der Waals surface area contributed by atoms with E-state index in [2.05, 4.69) is 22.1 Å². The van der Waals surface area contributed by atoms with E-state index in [4.69, 9.17) is 34.8 Å². The van der Waals surface area contributed by atoms with Crippen molar-refractivity contribution in [2.75, 3.05) is 30.1 Å². The Bertz CT molecular complexity index is 1100. The normalized spacial score (nSPS) is 10.7. The third-order valence-corrected chi connectivity index (χ3v) is 6.29. The molecular formula is C21H20Cl3N5OS. The van der Waals surface area contributed by atoms with Gasteiger partial charge < -0.3 is 10.2 Å². The number of carbonyl (C=O) groups is 1. The van der Waals surface area contributed by atoms with Crippen LogP contribution >= 0.6 is 46.6 Å². The third kappa shape index (κ3) is 5.74. The van der Waals surface area contributed by atoms with Crippen molar-refractivity contribution < 1.29 is 4.79 Å². The molecule has 1 aromatic heterocycles. The summed E-state index contributed by atoms with van der Waals surface area (Å²) in [6.45, 7) is 4.33. The Balaban J connectivity index is 1.74. The van der Waals surface area contributed by atoms with Crippen LogP contribution in [0.15, 0.2) is 54.2 Å². The molecule has 0 aliphatic carbocycles. The van der Waals surface area contributed by atoms with Crippen LogP contribution in [0, 0.1) is 0 Å². The van der Waals surface area contributed by atoms with Gasteiger partial charge in [-0.05, 0) is 36.4 Å². The number of hydrogen-bond donors (Lipinski definition) is 1. The minimum atomic E-state index is -0.254. The molecule has 0 bridgehead atoms. The predicted molar refractivity (Wildman–Crippen MR) is 131 cm³/mol. The molecule has 0 saturated carbocycles. The van der Waals surface area contributed by atoms with E-state index in [1.54, 1.807) is 6.08 Å². The molecule has 2 aromatic carbocycles. The fourth-order valence-corrected chi connectivity index (χ4v) is 4.09. The number of aromatic nitrogens is 3. The highest BCUT2D eigenvalue weighted by molar-refractivity contribution is 7.99. The Kier molecular flexibility index (Phi) is 7.89. The van der Waals surface area contributed by atoms with Gasteiger partial charge in [0.1, 0.15) is 0 Å². The number of nitrogens with one attached hydrogen (secondary N) is 1. The molecule has 1 N–H and O–H groups in total. The highest BCUT2D eigenvalue weighted by Gasteiger charge is 2.16. The fourth-order valence-electron chi connectivity index (χ4n) is 2.75. The maximum absolute atomic E-state index is 12.4. The molecule has 1 amide bonds. The Morgan fingerprint density at radius 3 is 2.45 bits per heavy atom. The highest BCUT2D eigenvalue weighted by atomic mass is 35.5. The van der Waals surface area contributed by atoms with Crippen molar-refractivity contribution in [1.82, 2.24) is 14.8 Å². The molecule has 0 atom stereocenters. The number of benzene rings is 2. The average molecular weight is 497 g/mol. The van der Waals surface area contributed by atoms with E-state index < -0.39 is 0 Å². The molecule has 3 aromatic rings. The van der Waals surface area contributed by atoms with E-state index in [9.17, 15) is 4.79 Å². The van der Waals surface area contributed by atoms with Gasteiger partial charge >= 0.3 is 0 Å². The lowest BCUT2D eigenvalue weighted by atomic mass is 10.2. The lowest BCUT2D eigenvalue weighted by Crippen LogP contribution is -2.15. The molecule has 0 radical (unpaired) electrons. The Morgan fingerprint density at radius 1 is 1.13 bits per heavy atom. The second-order valence-electron chi connectivity index (χ2n) is 6.73. The summed E-state index contributed by atoms with van der Waals surface area (Å²) < 4.78 is 1.92. The minimum Gasteiger partial charge on any atom is -0.378 e. The molecule has 0 aliphatic rings. The number of halogens is 3. The first-order valence-electron chi connectivity index (χ1n) is 9.19. The Labute approximate surface area is 200 Å². The topological polar surface area (TPSA) is 63.1 Å². The van der Waals surface area contributed by atoms with Crippen LogP contribution in [0.25, 0.3) is 11.4 Å². The molecule has 162 valence electrons. The molecule has 0 fully saturated rings. The van der Waals surface area contributed by atoms with Gasteiger partial charge in [0.05, 0.1) is 26.5 Å². The van der Waals surface area contributed by atoms with Crippen molar-refractivity contribution in [3.63, 3.8) is 0 Å². The largest absolute Gasteiger partial charge is 0.378 e. The standard InChI is InChI=1S/C21H20Cl3N5OS/c1-4-9-29-20(13-5-7-14(8-6-13)28(2)3)26-27-21(29)31-12-19(30)25-18-11-16(23)15(22)10-17(18)24/h4-8,10-11H,1,9,12H2,2-3H3,(H,25,30). The molecule has 0 aliphatic heterocycles. The second-order valence-corrected chi connectivity index (χ2v) is 8.89. The first-order valence-corrected chi connectivity index (χ1v) is 11.3. The quantitative estimate of drug-likeness (QED) is 0.239. The first kappa shape index (κ1) is 23.5. The van der Waals surface area contributed by atoms with Gasteiger partial charge in [0.25, 0.3) is 0 Å². The van der Waals surface area contributed by atoms with Crippen LogP contribution in [0.1, 0.15) is 0 Å². The van der Waals surface area contributed by atoms with Gasteiger partial charge in [-0.1, -0.05) is 52.6 Å². The number of hydrogen-bond acceptors (Lipinski definition) is 5. The summed E-state index contributed by atoms with van der Waals surface area (Å²) >= 11 is 19.3. The molecule has 3 rings (SSSR count). The maximum atomic E-state index is 12.4. The highest BCUT2D eigenvalue weighted by Crippen LogP contribution is 2.32. The molecule has 0 unspecified atom stereocenters. The number of allylic oxidation sites excluding steroid dienone is 1. The summed E-state index contributed by atoms with van der Waals surface area (Å²) in [6, 6.07) is 11.0. The van der Waals surface area contributed by atoms with Crippen molar-refractivity contribution in [2.45, 2.75) is 11.7 Å². The van der Waals surface area contributed by atoms with Gasteiger partial charge in [-0.15, -0.1) is 16.8 Å². The zero-order chi connectivity index (χ0) is 22.5. The number of nitrogens with zero attached hydrogens (tertiary/aromatic N) is 4. The van der Waals surface area contributed by atoms with Crippen molar-refractivity contribution in [2.24, 2.45) is 0 Å². The summed E-state index contributed by atoms with van der Waals surface area (Å²) in [4.78, 5) is 14.5. The van der Waals surface area contributed by atoms with Crippen LogP contribution in [0.2, 0.25) is 15.1 Å². The van der Waals surface area contributed by atoms with Gasteiger partial charge in [-0.25, -0.2) is 0 Å². The van der Waals surface area contributed by atoms with E-state index in [1.165, 1.54) is 23.9 Å². The molecule has 0 spiro atoms. The maximum Gasteiger partial charge on any atom is 0.234 e. The second kappa shape index (κ2) is 10.4. The Hall–Kier alpha value is -2.19. The summed E-state index contributed by atoms with van der Waals surface area (Å²) in [7, 11) is 3.97. The summed E-state index contributed by atoms with van der Waals surface area (Å²) in [5.41, 5.74) is 2.42. The summed E-state index contributed by atoms with van der Waals surface area (Å²) in [6.07, 6.45) is 1.76. The predicted octanol–water partition coefficient (Wildman–Crippen LogP) is 5.89. The van der Waals surface area contributed by atoms with E-state index >= 15 is 0 Å². The van der Waals surface area contributed by atoms with Gasteiger partial charge in [-0.3, -0.25) is 9.36 Å². The third-order valence-electron chi connectivity index (χ3n) is 4.29. The lowest BCUT2D eigenvalue weighted by Gasteiger charge is -2.13. The molecular weight excluding hydrogens is 477 g/mol. The van der Waals surface area contributed by atoms with Gasteiger partial charge in [-0.2, -0.15) is 0 Å². The van der Waals surface area contributed by atoms with Gasteiger partial charge in [0.2, 0.25) is 5.91 Å². The van der Waals surface area contributed by atoms with E-state index in [-0.39, 0.29) is 11.7 Å². The van der Waals surface area contributed by atoms with Crippen LogP contribution < -0.4 is 10.2 Å². The summed E-state index contributed by atoms with van der Waals surface area (Å²) in [5.74, 6) is 0.571. The van der Waals surface area contributed by atoms with E-state index in [0.29, 0.717) is 38.3 Å². The molecule has 0 saturated heterocycles. The fraction of sp³-hybridized carbons (Fsp3) is 0.190. The van der Waals surface area contributed by atoms with Crippen molar-refractivity contribution in [3.8, 4) is 11.4 Å². The molecule has 1 heterocycles.